The Labute approximate surface area is 120 Å². The van der Waals surface area contributed by atoms with Crippen molar-refractivity contribution in [1.29, 1.82) is 0 Å². The van der Waals surface area contributed by atoms with E-state index in [1.54, 1.807) is 6.92 Å². The van der Waals surface area contributed by atoms with Gasteiger partial charge in [0, 0.05) is 11.6 Å². The van der Waals surface area contributed by atoms with Crippen LogP contribution in [0.4, 0.5) is 4.79 Å². The third-order valence-electron chi connectivity index (χ3n) is 5.12. The molecule has 0 radical (unpaired) electrons. The zero-order valence-electron chi connectivity index (χ0n) is 12.5. The predicted molar refractivity (Wildman–Crippen MR) is 76.5 cm³/mol. The number of urea groups is 1. The summed E-state index contributed by atoms with van der Waals surface area (Å²) >= 11 is 0. The number of carbonyl (C=O) groups is 2. The molecule has 0 spiro atoms. The minimum Gasteiger partial charge on any atom is -0.481 e. The van der Waals surface area contributed by atoms with Crippen molar-refractivity contribution < 1.29 is 14.7 Å². The van der Waals surface area contributed by atoms with Gasteiger partial charge < -0.3 is 15.7 Å². The van der Waals surface area contributed by atoms with Gasteiger partial charge in [0.1, 0.15) is 0 Å². The highest BCUT2D eigenvalue weighted by molar-refractivity contribution is 5.79. The molecule has 2 fully saturated rings. The number of hydrogen-bond donors (Lipinski definition) is 3. The number of amides is 2. The Morgan fingerprint density at radius 1 is 1.05 bits per heavy atom. The molecule has 2 atom stereocenters. The Morgan fingerprint density at radius 3 is 2.30 bits per heavy atom. The highest BCUT2D eigenvalue weighted by Gasteiger charge is 2.46. The number of aliphatic carboxylic acids is 1. The molecule has 0 aromatic rings. The second-order valence-electron chi connectivity index (χ2n) is 6.89. The van der Waals surface area contributed by atoms with Crippen molar-refractivity contribution >= 4 is 12.0 Å². The second-order valence-corrected chi connectivity index (χ2v) is 6.89. The molecule has 0 saturated heterocycles. The van der Waals surface area contributed by atoms with Crippen molar-refractivity contribution in [3.05, 3.63) is 0 Å². The Bertz CT molecular complexity index is 391. The van der Waals surface area contributed by atoms with E-state index >= 15 is 0 Å². The van der Waals surface area contributed by atoms with Crippen LogP contribution < -0.4 is 10.6 Å². The normalized spacial score (nSPS) is 32.6. The summed E-state index contributed by atoms with van der Waals surface area (Å²) in [5.41, 5.74) is -0.967. The molecule has 2 saturated carbocycles. The lowest BCUT2D eigenvalue weighted by Gasteiger charge is -2.36. The number of rotatable bonds is 3. The van der Waals surface area contributed by atoms with Crippen molar-refractivity contribution in [2.45, 2.75) is 76.8 Å². The summed E-state index contributed by atoms with van der Waals surface area (Å²) in [7, 11) is 0. The molecule has 5 nitrogen and oxygen atoms in total. The average molecular weight is 282 g/mol. The first-order chi connectivity index (χ1) is 9.36. The van der Waals surface area contributed by atoms with E-state index in [0.29, 0.717) is 6.42 Å². The molecular formula is C15H26N2O3. The molecule has 3 N–H and O–H groups in total. The summed E-state index contributed by atoms with van der Waals surface area (Å²) < 4.78 is 0. The van der Waals surface area contributed by atoms with Crippen LogP contribution in [-0.4, -0.2) is 28.7 Å². The fourth-order valence-corrected chi connectivity index (χ4v) is 3.58. The van der Waals surface area contributed by atoms with Gasteiger partial charge in [-0.2, -0.15) is 0 Å². The summed E-state index contributed by atoms with van der Waals surface area (Å²) in [4.78, 5) is 23.6. The van der Waals surface area contributed by atoms with E-state index in [9.17, 15) is 14.7 Å². The van der Waals surface area contributed by atoms with Crippen LogP contribution in [0.25, 0.3) is 0 Å². The van der Waals surface area contributed by atoms with Gasteiger partial charge in [0.05, 0.1) is 5.41 Å². The number of carboxylic acids is 1. The summed E-state index contributed by atoms with van der Waals surface area (Å²) in [5, 5.41) is 15.3. The first kappa shape index (κ1) is 15.1. The van der Waals surface area contributed by atoms with E-state index in [-0.39, 0.29) is 17.6 Å². The molecule has 0 heterocycles. The van der Waals surface area contributed by atoms with Gasteiger partial charge in [-0.1, -0.05) is 25.7 Å². The molecule has 2 amide bonds. The van der Waals surface area contributed by atoms with Crippen molar-refractivity contribution in [1.82, 2.24) is 10.6 Å². The van der Waals surface area contributed by atoms with E-state index in [2.05, 4.69) is 17.6 Å². The third kappa shape index (κ3) is 3.07. The lowest BCUT2D eigenvalue weighted by molar-refractivity contribution is -0.148. The van der Waals surface area contributed by atoms with Gasteiger partial charge in [-0.3, -0.25) is 4.79 Å². The van der Waals surface area contributed by atoms with Crippen LogP contribution in [0.1, 0.15) is 65.2 Å². The van der Waals surface area contributed by atoms with Crippen LogP contribution in [0, 0.1) is 5.41 Å². The summed E-state index contributed by atoms with van der Waals surface area (Å²) in [6, 6.07) is -0.485. The van der Waals surface area contributed by atoms with Gasteiger partial charge in [-0.25, -0.2) is 4.79 Å². The highest BCUT2D eigenvalue weighted by atomic mass is 16.4. The molecule has 2 aliphatic rings. The largest absolute Gasteiger partial charge is 0.481 e. The molecule has 0 bridgehead atoms. The number of carboxylic acid groups (broad SMARTS) is 1. The fourth-order valence-electron chi connectivity index (χ4n) is 3.58. The van der Waals surface area contributed by atoms with E-state index in [0.717, 1.165) is 38.5 Å². The molecule has 0 aromatic carbocycles. The summed E-state index contributed by atoms with van der Waals surface area (Å²) in [6.45, 7) is 3.81. The molecule has 0 aliphatic heterocycles. The summed E-state index contributed by atoms with van der Waals surface area (Å²) in [5.74, 6) is -0.816. The lowest BCUT2D eigenvalue weighted by Crippen LogP contribution is -2.56. The minimum absolute atomic E-state index is 0.138. The Kier molecular flexibility index (Phi) is 4.25. The standard InChI is InChI=1S/C15H26N2O3/c1-14(8-4-3-5-9-14)17-13(20)16-11-7-6-10-15(11,2)12(18)19/h11H,3-10H2,1-2H3,(H,18,19)(H2,16,17,20). The van der Waals surface area contributed by atoms with Gasteiger partial charge in [0.25, 0.3) is 0 Å². The smallest absolute Gasteiger partial charge is 0.315 e. The maximum atomic E-state index is 12.2. The molecule has 2 unspecified atom stereocenters. The molecule has 0 aromatic heterocycles. The zero-order chi connectivity index (χ0) is 14.8. The predicted octanol–water partition coefficient (Wildman–Crippen LogP) is 2.65. The van der Waals surface area contributed by atoms with E-state index in [1.165, 1.54) is 6.42 Å². The van der Waals surface area contributed by atoms with Crippen molar-refractivity contribution in [2.24, 2.45) is 5.41 Å². The topological polar surface area (TPSA) is 78.4 Å². The zero-order valence-corrected chi connectivity index (χ0v) is 12.5. The van der Waals surface area contributed by atoms with Crippen LogP contribution in [0.15, 0.2) is 0 Å². The highest BCUT2D eigenvalue weighted by Crippen LogP contribution is 2.38. The van der Waals surface area contributed by atoms with Crippen LogP contribution in [0.3, 0.4) is 0 Å². The molecule has 114 valence electrons. The third-order valence-corrected chi connectivity index (χ3v) is 5.12. The average Bonchev–Trinajstić information content (AvgIpc) is 2.72. The molecule has 5 heteroatoms. The van der Waals surface area contributed by atoms with Gasteiger partial charge in [0.15, 0.2) is 0 Å². The monoisotopic (exact) mass is 282 g/mol. The van der Waals surface area contributed by atoms with Crippen molar-refractivity contribution in [2.75, 3.05) is 0 Å². The van der Waals surface area contributed by atoms with E-state index < -0.39 is 11.4 Å². The van der Waals surface area contributed by atoms with Gasteiger partial charge in [-0.15, -0.1) is 0 Å². The number of nitrogens with one attached hydrogen (secondary N) is 2. The maximum Gasteiger partial charge on any atom is 0.315 e. The van der Waals surface area contributed by atoms with Crippen LogP contribution in [-0.2, 0) is 4.79 Å². The molecular weight excluding hydrogens is 256 g/mol. The molecule has 2 rings (SSSR count). The van der Waals surface area contributed by atoms with Gasteiger partial charge in [-0.05, 0) is 39.5 Å². The van der Waals surface area contributed by atoms with E-state index in [4.69, 9.17) is 0 Å². The second kappa shape index (κ2) is 5.62. The number of carbonyl (C=O) groups excluding carboxylic acids is 1. The van der Waals surface area contributed by atoms with Crippen LogP contribution in [0.2, 0.25) is 0 Å². The lowest BCUT2D eigenvalue weighted by atomic mass is 9.83. The number of hydrogen-bond acceptors (Lipinski definition) is 2. The quantitative estimate of drug-likeness (QED) is 0.744. The van der Waals surface area contributed by atoms with Crippen LogP contribution >= 0.6 is 0 Å². The van der Waals surface area contributed by atoms with Crippen LogP contribution in [0.5, 0.6) is 0 Å². The fraction of sp³-hybridized carbons (Fsp3) is 0.867. The SMILES string of the molecule is CC1(NC(=O)NC2CCCC2(C)C(=O)O)CCCCC1. The Balaban J connectivity index is 1.92. The van der Waals surface area contributed by atoms with E-state index in [1.807, 2.05) is 0 Å². The summed E-state index contributed by atoms with van der Waals surface area (Å²) in [6.07, 6.45) is 7.75. The molecule has 2 aliphatic carbocycles. The van der Waals surface area contributed by atoms with Crippen molar-refractivity contribution in [3.8, 4) is 0 Å². The van der Waals surface area contributed by atoms with Gasteiger partial charge in [0.2, 0.25) is 0 Å². The van der Waals surface area contributed by atoms with Crippen molar-refractivity contribution in [3.63, 3.8) is 0 Å². The Morgan fingerprint density at radius 2 is 1.70 bits per heavy atom. The minimum atomic E-state index is -0.829. The maximum absolute atomic E-state index is 12.2. The first-order valence-corrected chi connectivity index (χ1v) is 7.68. The van der Waals surface area contributed by atoms with Gasteiger partial charge >= 0.3 is 12.0 Å². The Hall–Kier alpha value is -1.26. The molecule has 20 heavy (non-hydrogen) atoms. The first-order valence-electron chi connectivity index (χ1n) is 7.68.